The fourth-order valence-electron chi connectivity index (χ4n) is 3.17. The third-order valence-corrected chi connectivity index (χ3v) is 4.51. The van der Waals surface area contributed by atoms with Gasteiger partial charge in [0.2, 0.25) is 0 Å². The minimum Gasteiger partial charge on any atom is -0.387 e. The summed E-state index contributed by atoms with van der Waals surface area (Å²) in [5, 5.41) is 10.6. The Labute approximate surface area is 155 Å². The molecule has 134 valence electrons. The van der Waals surface area contributed by atoms with Crippen molar-refractivity contribution in [1.29, 1.82) is 0 Å². The largest absolute Gasteiger partial charge is 0.387 e. The maximum Gasteiger partial charge on any atom is 0.0917 e. The molecule has 1 N–H and O–H groups in total. The Morgan fingerprint density at radius 2 is 1.65 bits per heavy atom. The Morgan fingerprint density at radius 3 is 2.35 bits per heavy atom. The molecule has 3 nitrogen and oxygen atoms in total. The van der Waals surface area contributed by atoms with E-state index in [9.17, 15) is 5.11 Å². The van der Waals surface area contributed by atoms with Gasteiger partial charge in [-0.25, -0.2) is 0 Å². The van der Waals surface area contributed by atoms with Crippen LogP contribution in [0.2, 0.25) is 0 Å². The third kappa shape index (κ3) is 4.94. The first-order valence-corrected chi connectivity index (χ1v) is 9.00. The van der Waals surface area contributed by atoms with Crippen molar-refractivity contribution in [1.82, 2.24) is 9.47 Å². The molecule has 0 aliphatic carbocycles. The summed E-state index contributed by atoms with van der Waals surface area (Å²) in [5.41, 5.74) is 3.46. The van der Waals surface area contributed by atoms with Gasteiger partial charge in [0, 0.05) is 38.1 Å². The van der Waals surface area contributed by atoms with E-state index in [-0.39, 0.29) is 0 Å². The molecule has 1 atom stereocenters. The quantitative estimate of drug-likeness (QED) is 0.587. The number of hydrogen-bond acceptors (Lipinski definition) is 2. The Kier molecular flexibility index (Phi) is 6.42. The molecule has 0 saturated heterocycles. The van der Waals surface area contributed by atoms with Gasteiger partial charge >= 0.3 is 0 Å². The fourth-order valence-corrected chi connectivity index (χ4v) is 3.17. The molecular weight excluding hydrogens is 320 g/mol. The molecule has 2 aromatic carbocycles. The predicted molar refractivity (Wildman–Crippen MR) is 107 cm³/mol. The molecule has 3 heteroatoms. The smallest absolute Gasteiger partial charge is 0.0917 e. The van der Waals surface area contributed by atoms with Gasteiger partial charge in [0.15, 0.2) is 0 Å². The SMILES string of the molecule is C=CCN(Cc1cccn1Cc1ccccc1)C[C@H](O)c1ccccc1. The summed E-state index contributed by atoms with van der Waals surface area (Å²) in [6.45, 7) is 6.81. The highest BCUT2D eigenvalue weighted by atomic mass is 16.3. The monoisotopic (exact) mass is 346 g/mol. The molecule has 0 unspecified atom stereocenters. The lowest BCUT2D eigenvalue weighted by molar-refractivity contribution is 0.115. The average Bonchev–Trinajstić information content (AvgIpc) is 3.10. The van der Waals surface area contributed by atoms with Gasteiger partial charge in [0.1, 0.15) is 0 Å². The molecule has 26 heavy (non-hydrogen) atoms. The van der Waals surface area contributed by atoms with Crippen LogP contribution in [0, 0.1) is 0 Å². The zero-order valence-corrected chi connectivity index (χ0v) is 15.0. The van der Waals surface area contributed by atoms with Crippen molar-refractivity contribution in [2.24, 2.45) is 0 Å². The van der Waals surface area contributed by atoms with Gasteiger partial charge in [0.05, 0.1) is 6.10 Å². The highest BCUT2D eigenvalue weighted by molar-refractivity contribution is 5.19. The van der Waals surface area contributed by atoms with Crippen molar-refractivity contribution in [2.45, 2.75) is 19.2 Å². The first-order valence-electron chi connectivity index (χ1n) is 9.00. The second-order valence-corrected chi connectivity index (χ2v) is 6.52. The molecule has 1 heterocycles. The fraction of sp³-hybridized carbons (Fsp3) is 0.217. The minimum absolute atomic E-state index is 0.506. The standard InChI is InChI=1S/C23H26N2O/c1-2-15-24(19-23(26)21-12-7-4-8-13-21)18-22-14-9-16-25(22)17-20-10-5-3-6-11-20/h2-14,16,23,26H,1,15,17-19H2/t23-/m0/s1. The molecule has 0 amide bonds. The van der Waals surface area contributed by atoms with Crippen molar-refractivity contribution < 1.29 is 5.11 Å². The zero-order valence-electron chi connectivity index (χ0n) is 15.0. The number of benzene rings is 2. The van der Waals surface area contributed by atoms with Gasteiger partial charge in [-0.15, -0.1) is 6.58 Å². The molecular formula is C23H26N2O. The predicted octanol–water partition coefficient (Wildman–Crippen LogP) is 4.26. The summed E-state index contributed by atoms with van der Waals surface area (Å²) in [6.07, 6.45) is 3.50. The van der Waals surface area contributed by atoms with E-state index in [1.807, 2.05) is 42.5 Å². The Balaban J connectivity index is 1.68. The highest BCUT2D eigenvalue weighted by Crippen LogP contribution is 2.16. The number of hydrogen-bond donors (Lipinski definition) is 1. The molecule has 0 saturated carbocycles. The van der Waals surface area contributed by atoms with Crippen LogP contribution in [0.25, 0.3) is 0 Å². The van der Waals surface area contributed by atoms with Crippen LogP contribution in [0.15, 0.2) is 91.6 Å². The van der Waals surface area contributed by atoms with Gasteiger partial charge in [-0.3, -0.25) is 4.90 Å². The Hall–Kier alpha value is -2.62. The van der Waals surface area contributed by atoms with Gasteiger partial charge in [-0.05, 0) is 23.3 Å². The highest BCUT2D eigenvalue weighted by Gasteiger charge is 2.14. The van der Waals surface area contributed by atoms with Crippen LogP contribution in [0.3, 0.4) is 0 Å². The van der Waals surface area contributed by atoms with E-state index in [0.717, 1.165) is 25.2 Å². The summed E-state index contributed by atoms with van der Waals surface area (Å²) in [7, 11) is 0. The van der Waals surface area contributed by atoms with Gasteiger partial charge in [-0.1, -0.05) is 66.7 Å². The summed E-state index contributed by atoms with van der Waals surface area (Å²) < 4.78 is 2.26. The van der Waals surface area contributed by atoms with Crippen LogP contribution in [-0.4, -0.2) is 27.7 Å². The Bertz CT molecular complexity index is 795. The first kappa shape index (κ1) is 18.2. The molecule has 0 radical (unpaired) electrons. The zero-order chi connectivity index (χ0) is 18.2. The summed E-state index contributed by atoms with van der Waals surface area (Å²) in [6, 6.07) is 24.5. The van der Waals surface area contributed by atoms with Crippen molar-refractivity contribution in [3.05, 3.63) is 108 Å². The van der Waals surface area contributed by atoms with Crippen LogP contribution >= 0.6 is 0 Å². The van der Waals surface area contributed by atoms with Crippen molar-refractivity contribution >= 4 is 0 Å². The first-order chi connectivity index (χ1) is 12.8. The van der Waals surface area contributed by atoms with E-state index in [4.69, 9.17) is 0 Å². The topological polar surface area (TPSA) is 28.4 Å². The van der Waals surface area contributed by atoms with Gasteiger partial charge in [-0.2, -0.15) is 0 Å². The molecule has 3 rings (SSSR count). The van der Waals surface area contributed by atoms with Crippen LogP contribution in [0.1, 0.15) is 22.9 Å². The Morgan fingerprint density at radius 1 is 0.962 bits per heavy atom. The van der Waals surface area contributed by atoms with E-state index >= 15 is 0 Å². The lowest BCUT2D eigenvalue weighted by Gasteiger charge is -2.25. The molecule has 0 bridgehead atoms. The maximum atomic E-state index is 10.6. The lowest BCUT2D eigenvalue weighted by atomic mass is 10.1. The molecule has 0 aliphatic heterocycles. The van der Waals surface area contributed by atoms with E-state index in [1.165, 1.54) is 11.3 Å². The molecule has 1 aromatic heterocycles. The van der Waals surface area contributed by atoms with Crippen LogP contribution < -0.4 is 0 Å². The van der Waals surface area contributed by atoms with Crippen LogP contribution in [0.5, 0.6) is 0 Å². The summed E-state index contributed by atoms with van der Waals surface area (Å²) >= 11 is 0. The number of nitrogens with zero attached hydrogens (tertiary/aromatic N) is 2. The van der Waals surface area contributed by atoms with Gasteiger partial charge in [0.25, 0.3) is 0 Å². The summed E-state index contributed by atoms with van der Waals surface area (Å²) in [4.78, 5) is 2.22. The second kappa shape index (κ2) is 9.18. The average molecular weight is 346 g/mol. The summed E-state index contributed by atoms with van der Waals surface area (Å²) in [5.74, 6) is 0. The molecule has 0 aliphatic rings. The molecule has 0 fully saturated rings. The second-order valence-electron chi connectivity index (χ2n) is 6.52. The lowest BCUT2D eigenvalue weighted by Crippen LogP contribution is -2.29. The normalized spacial score (nSPS) is 12.2. The van der Waals surface area contributed by atoms with Crippen molar-refractivity contribution in [3.8, 4) is 0 Å². The molecule has 0 spiro atoms. The number of rotatable bonds is 9. The number of aliphatic hydroxyl groups excluding tert-OH is 1. The molecule has 3 aromatic rings. The van der Waals surface area contributed by atoms with E-state index in [2.05, 4.69) is 58.6 Å². The van der Waals surface area contributed by atoms with Crippen molar-refractivity contribution in [2.75, 3.05) is 13.1 Å². The maximum absolute atomic E-state index is 10.6. The minimum atomic E-state index is -0.506. The number of aromatic nitrogens is 1. The van der Waals surface area contributed by atoms with Crippen LogP contribution in [-0.2, 0) is 13.1 Å². The third-order valence-electron chi connectivity index (χ3n) is 4.51. The van der Waals surface area contributed by atoms with E-state index in [0.29, 0.717) is 6.54 Å². The van der Waals surface area contributed by atoms with E-state index in [1.54, 1.807) is 0 Å². The van der Waals surface area contributed by atoms with Crippen molar-refractivity contribution in [3.63, 3.8) is 0 Å². The van der Waals surface area contributed by atoms with E-state index < -0.39 is 6.10 Å². The van der Waals surface area contributed by atoms with Crippen LogP contribution in [0.4, 0.5) is 0 Å². The number of aliphatic hydroxyl groups is 1. The van der Waals surface area contributed by atoms with Gasteiger partial charge < -0.3 is 9.67 Å².